The Morgan fingerprint density at radius 1 is 0.714 bits per heavy atom. The molecule has 0 aromatic heterocycles. The Hall–Kier alpha value is -0.160. The average molecular weight is 304 g/mol. The van der Waals surface area contributed by atoms with Crippen LogP contribution in [0.15, 0.2) is 0 Å². The fraction of sp³-hybridized carbons (Fsp3) is 1.00. The Balaban J connectivity index is 3.15. The first-order chi connectivity index (χ1) is 10.2. The van der Waals surface area contributed by atoms with Gasteiger partial charge >= 0.3 is 0 Å². The van der Waals surface area contributed by atoms with Gasteiger partial charge in [-0.25, -0.2) is 0 Å². The number of hydrogen-bond acceptors (Lipinski definition) is 4. The predicted octanol–water partition coefficient (Wildman–Crippen LogP) is 3.68. The first-order valence-electron chi connectivity index (χ1n) is 8.59. The van der Waals surface area contributed by atoms with Crippen molar-refractivity contribution in [3.63, 3.8) is 0 Å². The van der Waals surface area contributed by atoms with Gasteiger partial charge < -0.3 is 18.9 Å². The molecule has 4 nitrogen and oxygen atoms in total. The summed E-state index contributed by atoms with van der Waals surface area (Å²) >= 11 is 0. The van der Waals surface area contributed by atoms with Crippen LogP contribution in [0, 0.1) is 5.92 Å². The van der Waals surface area contributed by atoms with Gasteiger partial charge in [0.05, 0.1) is 45.7 Å². The average Bonchev–Trinajstić information content (AvgIpc) is 2.51. The van der Waals surface area contributed by atoms with E-state index in [9.17, 15) is 0 Å². The fourth-order valence-corrected chi connectivity index (χ4v) is 1.84. The van der Waals surface area contributed by atoms with Crippen LogP contribution in [0.2, 0.25) is 0 Å². The predicted molar refractivity (Wildman–Crippen MR) is 86.9 cm³/mol. The molecule has 0 amide bonds. The summed E-state index contributed by atoms with van der Waals surface area (Å²) in [5.41, 5.74) is 0. The van der Waals surface area contributed by atoms with Crippen molar-refractivity contribution in [1.82, 2.24) is 0 Å². The van der Waals surface area contributed by atoms with Gasteiger partial charge in [0.15, 0.2) is 0 Å². The van der Waals surface area contributed by atoms with Crippen LogP contribution < -0.4 is 0 Å². The second-order valence-electron chi connectivity index (χ2n) is 5.50. The van der Waals surface area contributed by atoms with Crippen LogP contribution in [0.3, 0.4) is 0 Å². The van der Waals surface area contributed by atoms with Crippen LogP contribution >= 0.6 is 0 Å². The molecular formula is C17H36O4. The zero-order valence-corrected chi connectivity index (χ0v) is 14.6. The number of rotatable bonds is 16. The second-order valence-corrected chi connectivity index (χ2v) is 5.50. The van der Waals surface area contributed by atoms with E-state index in [2.05, 4.69) is 27.7 Å². The maximum absolute atomic E-state index is 5.74. The quantitative estimate of drug-likeness (QED) is 0.408. The summed E-state index contributed by atoms with van der Waals surface area (Å²) in [7, 11) is 0. The molecule has 0 rings (SSSR count). The Morgan fingerprint density at radius 3 is 1.81 bits per heavy atom. The molecule has 2 unspecified atom stereocenters. The molecule has 0 aromatic rings. The highest BCUT2D eigenvalue weighted by Crippen LogP contribution is 2.05. The van der Waals surface area contributed by atoms with Crippen LogP contribution in [0.5, 0.6) is 0 Å². The molecular weight excluding hydrogens is 268 g/mol. The van der Waals surface area contributed by atoms with Crippen molar-refractivity contribution >= 4 is 0 Å². The summed E-state index contributed by atoms with van der Waals surface area (Å²) in [6.45, 7) is 13.4. The Morgan fingerprint density at radius 2 is 1.29 bits per heavy atom. The largest absolute Gasteiger partial charge is 0.379 e. The standard InChI is InChI=1S/C17H36O4/c1-5-8-17(7-3)21-14-13-19-10-9-18-11-12-20-15-16(4)6-2/h16-17H,5-15H2,1-4H3. The molecule has 0 N–H and O–H groups in total. The first kappa shape index (κ1) is 20.8. The molecule has 0 heterocycles. The molecule has 4 heteroatoms. The van der Waals surface area contributed by atoms with Gasteiger partial charge in [0, 0.05) is 6.61 Å². The lowest BCUT2D eigenvalue weighted by Gasteiger charge is -2.15. The molecule has 21 heavy (non-hydrogen) atoms. The molecule has 2 atom stereocenters. The number of hydrogen-bond donors (Lipinski definition) is 0. The van der Waals surface area contributed by atoms with Gasteiger partial charge in [-0.15, -0.1) is 0 Å². The molecule has 0 aliphatic rings. The summed E-state index contributed by atoms with van der Waals surface area (Å²) in [6.07, 6.45) is 4.93. The van der Waals surface area contributed by atoms with Gasteiger partial charge in [-0.3, -0.25) is 0 Å². The summed E-state index contributed by atoms with van der Waals surface area (Å²) < 4.78 is 22.2. The monoisotopic (exact) mass is 304 g/mol. The van der Waals surface area contributed by atoms with Crippen molar-refractivity contribution in [3.8, 4) is 0 Å². The van der Waals surface area contributed by atoms with Gasteiger partial charge in [-0.1, -0.05) is 40.5 Å². The van der Waals surface area contributed by atoms with Crippen LogP contribution in [0.25, 0.3) is 0 Å². The van der Waals surface area contributed by atoms with E-state index >= 15 is 0 Å². The minimum Gasteiger partial charge on any atom is -0.379 e. The minimum absolute atomic E-state index is 0.387. The smallest absolute Gasteiger partial charge is 0.0704 e. The SMILES string of the molecule is CCCC(CC)OCCOCCOCCOCC(C)CC. The maximum Gasteiger partial charge on any atom is 0.0704 e. The molecule has 0 bridgehead atoms. The molecule has 0 aliphatic carbocycles. The Kier molecular flexibility index (Phi) is 16.1. The summed E-state index contributed by atoms with van der Waals surface area (Å²) in [5, 5.41) is 0. The molecule has 0 radical (unpaired) electrons. The van der Waals surface area contributed by atoms with E-state index in [1.807, 2.05) is 0 Å². The molecule has 0 aromatic carbocycles. The summed E-state index contributed by atoms with van der Waals surface area (Å²) in [5.74, 6) is 0.632. The van der Waals surface area contributed by atoms with Crippen LogP contribution in [0.4, 0.5) is 0 Å². The topological polar surface area (TPSA) is 36.9 Å². The van der Waals surface area contributed by atoms with E-state index < -0.39 is 0 Å². The lowest BCUT2D eigenvalue weighted by atomic mass is 10.1. The van der Waals surface area contributed by atoms with Gasteiger partial charge in [-0.2, -0.15) is 0 Å². The molecule has 0 saturated carbocycles. The van der Waals surface area contributed by atoms with E-state index in [0.717, 1.165) is 25.9 Å². The van der Waals surface area contributed by atoms with Crippen molar-refractivity contribution in [2.75, 3.05) is 46.2 Å². The zero-order chi connectivity index (χ0) is 15.8. The van der Waals surface area contributed by atoms with E-state index in [-0.39, 0.29) is 0 Å². The molecule has 0 saturated heterocycles. The van der Waals surface area contributed by atoms with Gasteiger partial charge in [0.25, 0.3) is 0 Å². The minimum atomic E-state index is 0.387. The van der Waals surface area contributed by atoms with Crippen molar-refractivity contribution < 1.29 is 18.9 Å². The van der Waals surface area contributed by atoms with E-state index in [0.29, 0.717) is 51.7 Å². The van der Waals surface area contributed by atoms with Gasteiger partial charge in [-0.05, 0) is 18.8 Å². The van der Waals surface area contributed by atoms with Crippen molar-refractivity contribution in [2.45, 2.75) is 59.5 Å². The normalized spacial score (nSPS) is 14.3. The van der Waals surface area contributed by atoms with Crippen molar-refractivity contribution in [3.05, 3.63) is 0 Å². The lowest BCUT2D eigenvalue weighted by Crippen LogP contribution is -2.17. The van der Waals surface area contributed by atoms with E-state index in [1.54, 1.807) is 0 Å². The zero-order valence-electron chi connectivity index (χ0n) is 14.6. The third-order valence-corrected chi connectivity index (χ3v) is 3.49. The first-order valence-corrected chi connectivity index (χ1v) is 8.59. The number of ether oxygens (including phenoxy) is 4. The second kappa shape index (κ2) is 16.2. The van der Waals surface area contributed by atoms with Crippen molar-refractivity contribution in [2.24, 2.45) is 5.92 Å². The molecule has 0 fully saturated rings. The van der Waals surface area contributed by atoms with Crippen molar-refractivity contribution in [1.29, 1.82) is 0 Å². The third-order valence-electron chi connectivity index (χ3n) is 3.49. The molecule has 0 aliphatic heterocycles. The van der Waals surface area contributed by atoms with Crippen LogP contribution in [-0.2, 0) is 18.9 Å². The van der Waals surface area contributed by atoms with Gasteiger partial charge in [0.1, 0.15) is 0 Å². The summed E-state index contributed by atoms with van der Waals surface area (Å²) in [4.78, 5) is 0. The Bertz CT molecular complexity index is 199. The van der Waals surface area contributed by atoms with Gasteiger partial charge in [0.2, 0.25) is 0 Å². The van der Waals surface area contributed by atoms with Crippen LogP contribution in [0.1, 0.15) is 53.4 Å². The lowest BCUT2D eigenvalue weighted by molar-refractivity contribution is -0.0227. The highest BCUT2D eigenvalue weighted by molar-refractivity contribution is 4.53. The molecule has 128 valence electrons. The van der Waals surface area contributed by atoms with E-state index in [1.165, 1.54) is 6.42 Å². The Labute approximate surface area is 131 Å². The highest BCUT2D eigenvalue weighted by Gasteiger charge is 2.04. The fourth-order valence-electron chi connectivity index (χ4n) is 1.84. The van der Waals surface area contributed by atoms with Crippen LogP contribution in [-0.4, -0.2) is 52.4 Å². The van der Waals surface area contributed by atoms with E-state index in [4.69, 9.17) is 18.9 Å². The summed E-state index contributed by atoms with van der Waals surface area (Å²) in [6, 6.07) is 0. The third kappa shape index (κ3) is 14.5. The highest BCUT2D eigenvalue weighted by atomic mass is 16.6. The molecule has 0 spiro atoms. The maximum atomic E-state index is 5.74.